The minimum absolute atomic E-state index is 0.0956. The molecule has 0 aromatic heterocycles. The molecule has 0 atom stereocenters. The Balaban J connectivity index is 1.34. The first-order chi connectivity index (χ1) is 15.0. The fourth-order valence-corrected chi connectivity index (χ4v) is 5.06. The molecular weight excluding hydrogens is 394 g/mol. The molecule has 0 unspecified atom stereocenters. The van der Waals surface area contributed by atoms with Gasteiger partial charge in [0.15, 0.2) is 0 Å². The maximum atomic E-state index is 12.8. The van der Waals surface area contributed by atoms with Gasteiger partial charge in [-0.05, 0) is 50.8 Å². The Morgan fingerprint density at radius 2 is 1.74 bits per heavy atom. The number of hydrogen-bond donors (Lipinski definition) is 2. The number of carbonyl (C=O) groups is 3. The van der Waals surface area contributed by atoms with Crippen LogP contribution < -0.4 is 15.6 Å². The molecule has 4 amide bonds. The zero-order valence-electron chi connectivity index (χ0n) is 18.4. The predicted octanol–water partition coefficient (Wildman–Crippen LogP) is 2.39. The maximum Gasteiger partial charge on any atom is 0.344 e. The summed E-state index contributed by atoms with van der Waals surface area (Å²) in [5.74, 6) is -0.696. The molecule has 1 aliphatic carbocycles. The van der Waals surface area contributed by atoms with E-state index >= 15 is 0 Å². The molecule has 168 valence electrons. The fourth-order valence-electron chi connectivity index (χ4n) is 5.06. The van der Waals surface area contributed by atoms with Crippen LogP contribution in [-0.4, -0.2) is 60.0 Å². The van der Waals surface area contributed by atoms with Gasteiger partial charge in [-0.2, -0.15) is 5.01 Å². The lowest BCUT2D eigenvalue weighted by atomic mass is 9.82. The van der Waals surface area contributed by atoms with Crippen LogP contribution >= 0.6 is 0 Å². The van der Waals surface area contributed by atoms with Crippen LogP contribution in [0.2, 0.25) is 0 Å². The van der Waals surface area contributed by atoms with E-state index in [0.717, 1.165) is 37.4 Å². The SMILES string of the molecule is CN(CC(=O)NN1C(=O)NC2(CCCCC2)C1=O)Cc1ccccc1N1CCCCC1. The summed E-state index contributed by atoms with van der Waals surface area (Å²) < 4.78 is 0. The number of likely N-dealkylation sites (N-methyl/N-ethyl adjacent to an activating group) is 1. The van der Waals surface area contributed by atoms with E-state index in [1.54, 1.807) is 0 Å². The van der Waals surface area contributed by atoms with E-state index < -0.39 is 11.6 Å². The number of benzene rings is 1. The summed E-state index contributed by atoms with van der Waals surface area (Å²) in [5.41, 5.74) is 4.10. The first kappa shape index (κ1) is 21.6. The molecule has 3 fully saturated rings. The number of anilines is 1. The number of carbonyl (C=O) groups excluding carboxylic acids is 3. The van der Waals surface area contributed by atoms with Crippen LogP contribution in [0.4, 0.5) is 10.5 Å². The van der Waals surface area contributed by atoms with Crippen molar-refractivity contribution in [2.24, 2.45) is 0 Å². The molecule has 1 aromatic rings. The van der Waals surface area contributed by atoms with Crippen molar-refractivity contribution in [3.63, 3.8) is 0 Å². The van der Waals surface area contributed by atoms with Gasteiger partial charge < -0.3 is 10.2 Å². The Labute approximate surface area is 183 Å². The van der Waals surface area contributed by atoms with Crippen LogP contribution in [0, 0.1) is 0 Å². The summed E-state index contributed by atoms with van der Waals surface area (Å²) in [6, 6.07) is 7.79. The minimum Gasteiger partial charge on any atom is -0.371 e. The Kier molecular flexibility index (Phi) is 6.46. The third kappa shape index (κ3) is 4.69. The third-order valence-corrected chi connectivity index (χ3v) is 6.65. The van der Waals surface area contributed by atoms with E-state index in [2.05, 4.69) is 33.8 Å². The standard InChI is InChI=1S/C23H33N5O3/c1-26(16-18-10-4-5-11-19(18)27-14-8-3-9-15-27)17-20(29)25-28-21(30)23(24-22(28)31)12-6-2-7-13-23/h4-5,10-11H,2-3,6-9,12-17H2,1H3,(H,24,31)(H,25,29). The van der Waals surface area contributed by atoms with Crippen molar-refractivity contribution >= 4 is 23.5 Å². The van der Waals surface area contributed by atoms with Crippen molar-refractivity contribution in [3.8, 4) is 0 Å². The van der Waals surface area contributed by atoms with E-state index in [9.17, 15) is 14.4 Å². The van der Waals surface area contributed by atoms with Crippen molar-refractivity contribution in [2.45, 2.75) is 63.5 Å². The largest absolute Gasteiger partial charge is 0.371 e. The zero-order valence-corrected chi connectivity index (χ0v) is 18.4. The molecule has 2 heterocycles. The van der Waals surface area contributed by atoms with Gasteiger partial charge in [-0.25, -0.2) is 4.79 Å². The normalized spacial score (nSPS) is 21.0. The number of piperidine rings is 1. The van der Waals surface area contributed by atoms with E-state index in [-0.39, 0.29) is 18.4 Å². The highest BCUT2D eigenvalue weighted by Gasteiger charge is 2.52. The quantitative estimate of drug-likeness (QED) is 0.681. The Morgan fingerprint density at radius 3 is 2.48 bits per heavy atom. The van der Waals surface area contributed by atoms with Crippen molar-refractivity contribution < 1.29 is 14.4 Å². The number of imide groups is 1. The number of hydrogen-bond acceptors (Lipinski definition) is 5. The van der Waals surface area contributed by atoms with E-state index in [4.69, 9.17) is 0 Å². The molecule has 2 N–H and O–H groups in total. The second-order valence-electron chi connectivity index (χ2n) is 9.10. The van der Waals surface area contributed by atoms with Gasteiger partial charge in [-0.1, -0.05) is 37.5 Å². The van der Waals surface area contributed by atoms with Crippen molar-refractivity contribution in [2.75, 3.05) is 31.6 Å². The van der Waals surface area contributed by atoms with E-state index in [0.29, 0.717) is 19.4 Å². The van der Waals surface area contributed by atoms with Gasteiger partial charge in [0.2, 0.25) is 0 Å². The van der Waals surface area contributed by atoms with Crippen LogP contribution in [0.15, 0.2) is 24.3 Å². The molecule has 8 nitrogen and oxygen atoms in total. The smallest absolute Gasteiger partial charge is 0.344 e. The maximum absolute atomic E-state index is 12.8. The molecule has 1 aromatic carbocycles. The Morgan fingerprint density at radius 1 is 1.06 bits per heavy atom. The highest BCUT2D eigenvalue weighted by atomic mass is 16.2. The number of nitrogens with zero attached hydrogens (tertiary/aromatic N) is 3. The van der Waals surface area contributed by atoms with Gasteiger partial charge >= 0.3 is 6.03 Å². The molecule has 0 radical (unpaired) electrons. The van der Waals surface area contributed by atoms with Crippen LogP contribution in [-0.2, 0) is 16.1 Å². The number of amides is 4. The number of nitrogens with one attached hydrogen (secondary N) is 2. The number of para-hydroxylation sites is 1. The van der Waals surface area contributed by atoms with Crippen LogP contribution in [0.25, 0.3) is 0 Å². The molecule has 2 saturated heterocycles. The average Bonchev–Trinajstić information content (AvgIpc) is 2.99. The lowest BCUT2D eigenvalue weighted by molar-refractivity contribution is -0.140. The van der Waals surface area contributed by atoms with E-state index in [1.807, 2.05) is 18.0 Å². The zero-order chi connectivity index (χ0) is 21.8. The van der Waals surface area contributed by atoms with Gasteiger partial charge in [0.1, 0.15) is 5.54 Å². The Hall–Kier alpha value is -2.61. The van der Waals surface area contributed by atoms with Gasteiger partial charge in [0.05, 0.1) is 6.54 Å². The molecule has 0 bridgehead atoms. The van der Waals surface area contributed by atoms with Gasteiger partial charge in [-0.3, -0.25) is 19.9 Å². The summed E-state index contributed by atoms with van der Waals surface area (Å²) in [4.78, 5) is 42.1. The van der Waals surface area contributed by atoms with Crippen LogP contribution in [0.5, 0.6) is 0 Å². The molecular formula is C23H33N5O3. The van der Waals surface area contributed by atoms with Crippen LogP contribution in [0.3, 0.4) is 0 Å². The molecule has 3 aliphatic rings. The minimum atomic E-state index is -0.831. The van der Waals surface area contributed by atoms with Crippen molar-refractivity contribution in [3.05, 3.63) is 29.8 Å². The summed E-state index contributed by atoms with van der Waals surface area (Å²) in [6.07, 6.45) is 7.86. The summed E-state index contributed by atoms with van der Waals surface area (Å²) in [6.45, 7) is 2.84. The molecule has 1 saturated carbocycles. The summed E-state index contributed by atoms with van der Waals surface area (Å²) >= 11 is 0. The average molecular weight is 428 g/mol. The fraction of sp³-hybridized carbons (Fsp3) is 0.609. The molecule has 8 heteroatoms. The topological polar surface area (TPSA) is 85.0 Å². The lowest BCUT2D eigenvalue weighted by Gasteiger charge is -2.31. The van der Waals surface area contributed by atoms with Crippen molar-refractivity contribution in [1.29, 1.82) is 0 Å². The lowest BCUT2D eigenvalue weighted by Crippen LogP contribution is -2.52. The molecule has 1 spiro atoms. The van der Waals surface area contributed by atoms with E-state index in [1.165, 1.54) is 30.5 Å². The van der Waals surface area contributed by atoms with Gasteiger partial charge in [0.25, 0.3) is 11.8 Å². The van der Waals surface area contributed by atoms with Crippen LogP contribution in [0.1, 0.15) is 56.9 Å². The Bertz CT molecular complexity index is 830. The number of hydrazine groups is 1. The second-order valence-corrected chi connectivity index (χ2v) is 9.10. The highest BCUT2D eigenvalue weighted by Crippen LogP contribution is 2.33. The predicted molar refractivity (Wildman–Crippen MR) is 118 cm³/mol. The first-order valence-electron chi connectivity index (χ1n) is 11.5. The number of urea groups is 1. The molecule has 31 heavy (non-hydrogen) atoms. The van der Waals surface area contributed by atoms with Gasteiger partial charge in [-0.15, -0.1) is 0 Å². The second kappa shape index (κ2) is 9.26. The van der Waals surface area contributed by atoms with Gasteiger partial charge in [0, 0.05) is 25.3 Å². The highest BCUT2D eigenvalue weighted by molar-refractivity contribution is 6.08. The summed E-state index contributed by atoms with van der Waals surface area (Å²) in [7, 11) is 1.88. The first-order valence-corrected chi connectivity index (χ1v) is 11.5. The molecule has 2 aliphatic heterocycles. The monoisotopic (exact) mass is 427 g/mol. The molecule has 4 rings (SSSR count). The summed E-state index contributed by atoms with van der Waals surface area (Å²) in [5, 5.41) is 3.69. The number of rotatable bonds is 6. The third-order valence-electron chi connectivity index (χ3n) is 6.65. The van der Waals surface area contributed by atoms with Crippen molar-refractivity contribution in [1.82, 2.24) is 20.7 Å².